The van der Waals surface area contributed by atoms with E-state index in [0.29, 0.717) is 16.7 Å². The summed E-state index contributed by atoms with van der Waals surface area (Å²) in [5, 5.41) is 2.58. The number of rotatable bonds is 10. The molecule has 3 aromatic carbocycles. The zero-order chi connectivity index (χ0) is 23.7. The van der Waals surface area contributed by atoms with Crippen molar-refractivity contribution in [3.63, 3.8) is 0 Å². The molecule has 0 saturated carbocycles. The molecule has 3 rings (SSSR count). The molecule has 0 aliphatic rings. The molecule has 0 unspecified atom stereocenters. The normalized spacial score (nSPS) is 14.3. The van der Waals surface area contributed by atoms with Gasteiger partial charge in [-0.2, -0.15) is 13.2 Å². The minimum atomic E-state index is -4.95. The standard InChI is InChI=1S/C26H26F3NO3/c1-32-19-23(22-15-9-4-10-16-22)30-25(26(27,28)29,17-20-11-5-2-6-12-20)24(31)33-18-21-13-7-3-8-14-21/h2-16,23,30H,17-19H2,1H3/t23-,25-/m0/s1. The van der Waals surface area contributed by atoms with E-state index in [2.05, 4.69) is 5.32 Å². The van der Waals surface area contributed by atoms with Crippen molar-refractivity contribution in [2.45, 2.75) is 30.8 Å². The zero-order valence-electron chi connectivity index (χ0n) is 18.2. The Morgan fingerprint density at radius 2 is 1.36 bits per heavy atom. The molecule has 4 nitrogen and oxygen atoms in total. The van der Waals surface area contributed by atoms with Gasteiger partial charge in [-0.05, 0) is 16.7 Å². The predicted octanol–water partition coefficient (Wildman–Crippen LogP) is 5.25. The summed E-state index contributed by atoms with van der Waals surface area (Å²) in [5.74, 6) is -1.39. The first kappa shape index (κ1) is 24.5. The number of methoxy groups -OCH3 is 1. The quantitative estimate of drug-likeness (QED) is 0.423. The summed E-state index contributed by atoms with van der Waals surface area (Å²) in [6.07, 6.45) is -5.57. The second kappa shape index (κ2) is 11.1. The van der Waals surface area contributed by atoms with Crippen molar-refractivity contribution in [2.24, 2.45) is 0 Å². The molecule has 3 aromatic rings. The number of hydrogen-bond donors (Lipinski definition) is 1. The molecule has 0 saturated heterocycles. The fourth-order valence-corrected chi connectivity index (χ4v) is 3.60. The van der Waals surface area contributed by atoms with Crippen LogP contribution in [0.25, 0.3) is 0 Å². The second-order valence-corrected chi connectivity index (χ2v) is 7.69. The van der Waals surface area contributed by atoms with Crippen LogP contribution >= 0.6 is 0 Å². The fraction of sp³-hybridized carbons (Fsp3) is 0.269. The third-order valence-electron chi connectivity index (χ3n) is 5.31. The fourth-order valence-electron chi connectivity index (χ4n) is 3.60. The third kappa shape index (κ3) is 6.21. The first-order chi connectivity index (χ1) is 15.9. The Bertz CT molecular complexity index is 998. The number of alkyl halides is 3. The number of nitrogens with one attached hydrogen (secondary N) is 1. The van der Waals surface area contributed by atoms with Gasteiger partial charge in [0.2, 0.25) is 5.54 Å². The lowest BCUT2D eigenvalue weighted by Gasteiger charge is -2.37. The Labute approximate surface area is 191 Å². The molecule has 0 heterocycles. The van der Waals surface area contributed by atoms with Gasteiger partial charge in [-0.25, -0.2) is 4.79 Å². The van der Waals surface area contributed by atoms with Crippen molar-refractivity contribution in [3.05, 3.63) is 108 Å². The number of halogens is 3. The highest BCUT2D eigenvalue weighted by atomic mass is 19.4. The molecule has 0 aromatic heterocycles. The maximum Gasteiger partial charge on any atom is 0.417 e. The van der Waals surface area contributed by atoms with Gasteiger partial charge >= 0.3 is 12.1 Å². The molecule has 0 bridgehead atoms. The number of carbonyl (C=O) groups excluding carboxylic acids is 1. The molecular weight excluding hydrogens is 431 g/mol. The largest absolute Gasteiger partial charge is 0.459 e. The Balaban J connectivity index is 2.00. The maximum atomic E-state index is 14.7. The van der Waals surface area contributed by atoms with E-state index in [1.807, 2.05) is 0 Å². The van der Waals surface area contributed by atoms with Crippen LogP contribution in [0.3, 0.4) is 0 Å². The summed E-state index contributed by atoms with van der Waals surface area (Å²) in [5.41, 5.74) is -1.47. The van der Waals surface area contributed by atoms with E-state index >= 15 is 0 Å². The van der Waals surface area contributed by atoms with Gasteiger partial charge in [0, 0.05) is 13.5 Å². The highest BCUT2D eigenvalue weighted by Gasteiger charge is 2.62. The van der Waals surface area contributed by atoms with Crippen LogP contribution in [0.2, 0.25) is 0 Å². The molecule has 0 spiro atoms. The molecule has 7 heteroatoms. The monoisotopic (exact) mass is 457 g/mol. The van der Waals surface area contributed by atoms with E-state index in [9.17, 15) is 18.0 Å². The molecule has 2 atom stereocenters. The van der Waals surface area contributed by atoms with Crippen LogP contribution in [0.5, 0.6) is 0 Å². The smallest absolute Gasteiger partial charge is 0.417 e. The summed E-state index contributed by atoms with van der Waals surface area (Å²) >= 11 is 0. The Kier molecular flexibility index (Phi) is 8.25. The van der Waals surface area contributed by atoms with Crippen molar-refractivity contribution in [2.75, 3.05) is 13.7 Å². The van der Waals surface area contributed by atoms with E-state index in [-0.39, 0.29) is 13.2 Å². The van der Waals surface area contributed by atoms with Gasteiger partial charge in [0.25, 0.3) is 0 Å². The molecule has 1 N–H and O–H groups in total. The van der Waals surface area contributed by atoms with Crippen molar-refractivity contribution in [1.29, 1.82) is 0 Å². The predicted molar refractivity (Wildman–Crippen MR) is 119 cm³/mol. The van der Waals surface area contributed by atoms with Crippen LogP contribution in [-0.4, -0.2) is 31.4 Å². The van der Waals surface area contributed by atoms with Gasteiger partial charge in [-0.3, -0.25) is 5.32 Å². The number of ether oxygens (including phenoxy) is 2. The van der Waals surface area contributed by atoms with E-state index in [0.717, 1.165) is 0 Å². The summed E-state index contributed by atoms with van der Waals surface area (Å²) < 4.78 is 54.7. The van der Waals surface area contributed by atoms with Gasteiger partial charge in [0.1, 0.15) is 6.61 Å². The topological polar surface area (TPSA) is 47.6 Å². The van der Waals surface area contributed by atoms with E-state index in [1.54, 1.807) is 91.0 Å². The van der Waals surface area contributed by atoms with Crippen molar-refractivity contribution in [3.8, 4) is 0 Å². The zero-order valence-corrected chi connectivity index (χ0v) is 18.2. The van der Waals surface area contributed by atoms with Crippen LogP contribution < -0.4 is 5.32 Å². The van der Waals surface area contributed by atoms with Crippen LogP contribution in [0.4, 0.5) is 13.2 Å². The van der Waals surface area contributed by atoms with Gasteiger partial charge in [-0.15, -0.1) is 0 Å². The average Bonchev–Trinajstić information content (AvgIpc) is 2.83. The Morgan fingerprint density at radius 1 is 0.848 bits per heavy atom. The van der Waals surface area contributed by atoms with E-state index < -0.39 is 30.1 Å². The number of hydrogen-bond acceptors (Lipinski definition) is 4. The van der Waals surface area contributed by atoms with Crippen LogP contribution in [0, 0.1) is 0 Å². The molecule has 0 amide bonds. The second-order valence-electron chi connectivity index (χ2n) is 7.69. The number of benzene rings is 3. The lowest BCUT2D eigenvalue weighted by molar-refractivity contribution is -0.217. The minimum absolute atomic E-state index is 0.0669. The molecule has 0 radical (unpaired) electrons. The average molecular weight is 457 g/mol. The minimum Gasteiger partial charge on any atom is -0.459 e. The van der Waals surface area contributed by atoms with Gasteiger partial charge in [-0.1, -0.05) is 91.0 Å². The summed E-state index contributed by atoms with van der Waals surface area (Å²) in [4.78, 5) is 13.2. The Hall–Kier alpha value is -3.16. The van der Waals surface area contributed by atoms with Gasteiger partial charge < -0.3 is 9.47 Å². The molecule has 0 aliphatic carbocycles. The van der Waals surface area contributed by atoms with Crippen molar-refractivity contribution >= 4 is 5.97 Å². The van der Waals surface area contributed by atoms with Crippen LogP contribution in [0.15, 0.2) is 91.0 Å². The summed E-state index contributed by atoms with van der Waals surface area (Å²) in [6.45, 7) is -0.336. The molecule has 0 fully saturated rings. The maximum absolute atomic E-state index is 14.7. The Morgan fingerprint density at radius 3 is 1.88 bits per heavy atom. The van der Waals surface area contributed by atoms with Crippen molar-refractivity contribution < 1.29 is 27.4 Å². The summed E-state index contributed by atoms with van der Waals surface area (Å²) in [7, 11) is 1.40. The van der Waals surface area contributed by atoms with Crippen LogP contribution in [0.1, 0.15) is 22.7 Å². The number of carbonyl (C=O) groups is 1. The highest BCUT2D eigenvalue weighted by molar-refractivity contribution is 5.82. The number of esters is 1. The summed E-state index contributed by atoms with van der Waals surface area (Å²) in [6, 6.07) is 24.4. The molecule has 33 heavy (non-hydrogen) atoms. The molecular formula is C26H26F3NO3. The van der Waals surface area contributed by atoms with E-state index in [4.69, 9.17) is 9.47 Å². The van der Waals surface area contributed by atoms with Crippen molar-refractivity contribution in [1.82, 2.24) is 5.32 Å². The van der Waals surface area contributed by atoms with Crippen LogP contribution in [-0.2, 0) is 27.3 Å². The lowest BCUT2D eigenvalue weighted by atomic mass is 9.88. The SMILES string of the molecule is COC[C@H](N[C@@](Cc1ccccc1)(C(=O)OCc1ccccc1)C(F)(F)F)c1ccccc1. The first-order valence-corrected chi connectivity index (χ1v) is 10.5. The molecule has 174 valence electrons. The third-order valence-corrected chi connectivity index (χ3v) is 5.31. The van der Waals surface area contributed by atoms with Gasteiger partial charge in [0.15, 0.2) is 0 Å². The first-order valence-electron chi connectivity index (χ1n) is 10.5. The van der Waals surface area contributed by atoms with E-state index in [1.165, 1.54) is 7.11 Å². The lowest BCUT2D eigenvalue weighted by Crippen LogP contribution is -2.65. The molecule has 0 aliphatic heterocycles. The van der Waals surface area contributed by atoms with Gasteiger partial charge in [0.05, 0.1) is 12.6 Å². The highest BCUT2D eigenvalue weighted by Crippen LogP contribution is 2.37.